The Kier molecular flexibility index (Phi) is 3.76. The minimum Gasteiger partial charge on any atom is -0.223 e. The third kappa shape index (κ3) is 2.58. The SMILES string of the molecule is CC1CC(C)CC(S(=O)(=O)c2ccccc2F)C1. The smallest absolute Gasteiger partial charge is 0.184 e. The topological polar surface area (TPSA) is 34.1 Å². The van der Waals surface area contributed by atoms with E-state index in [-0.39, 0.29) is 4.90 Å². The van der Waals surface area contributed by atoms with Crippen LogP contribution in [0.15, 0.2) is 29.2 Å². The number of rotatable bonds is 2. The predicted octanol–water partition coefficient (Wildman–Crippen LogP) is 3.42. The molecule has 2 atom stereocenters. The Morgan fingerprint density at radius 2 is 1.61 bits per heavy atom. The summed E-state index contributed by atoms with van der Waals surface area (Å²) >= 11 is 0. The second-order valence-corrected chi connectivity index (χ2v) is 7.71. The molecule has 2 nitrogen and oxygen atoms in total. The van der Waals surface area contributed by atoms with Gasteiger partial charge in [0.05, 0.1) is 5.25 Å². The van der Waals surface area contributed by atoms with E-state index in [1.54, 1.807) is 6.07 Å². The van der Waals surface area contributed by atoms with E-state index in [1.165, 1.54) is 18.2 Å². The Labute approximate surface area is 108 Å². The van der Waals surface area contributed by atoms with Gasteiger partial charge in [0.1, 0.15) is 10.7 Å². The quantitative estimate of drug-likeness (QED) is 0.825. The monoisotopic (exact) mass is 270 g/mol. The Morgan fingerprint density at radius 3 is 2.17 bits per heavy atom. The highest BCUT2D eigenvalue weighted by atomic mass is 32.2. The molecule has 2 unspecified atom stereocenters. The summed E-state index contributed by atoms with van der Waals surface area (Å²) < 4.78 is 38.6. The van der Waals surface area contributed by atoms with E-state index in [2.05, 4.69) is 13.8 Å². The zero-order valence-electron chi connectivity index (χ0n) is 10.8. The van der Waals surface area contributed by atoms with Crippen molar-refractivity contribution in [2.45, 2.75) is 43.3 Å². The van der Waals surface area contributed by atoms with Crippen LogP contribution in [0.1, 0.15) is 33.1 Å². The zero-order chi connectivity index (χ0) is 13.3. The molecule has 0 heterocycles. The fourth-order valence-corrected chi connectivity index (χ4v) is 5.11. The molecule has 0 spiro atoms. The maximum absolute atomic E-state index is 13.7. The summed E-state index contributed by atoms with van der Waals surface area (Å²) in [6.45, 7) is 4.14. The fraction of sp³-hybridized carbons (Fsp3) is 0.571. The Hall–Kier alpha value is -0.900. The van der Waals surface area contributed by atoms with Crippen molar-refractivity contribution in [3.63, 3.8) is 0 Å². The van der Waals surface area contributed by atoms with Crippen LogP contribution in [-0.2, 0) is 9.84 Å². The van der Waals surface area contributed by atoms with E-state index < -0.39 is 20.9 Å². The summed E-state index contributed by atoms with van der Waals surface area (Å²) in [4.78, 5) is -0.142. The Balaban J connectivity index is 2.34. The first kappa shape index (κ1) is 13.5. The number of hydrogen-bond donors (Lipinski definition) is 0. The maximum Gasteiger partial charge on any atom is 0.184 e. The van der Waals surface area contributed by atoms with Gasteiger partial charge in [-0.1, -0.05) is 26.0 Å². The average Bonchev–Trinajstić information content (AvgIpc) is 2.28. The molecule has 0 N–H and O–H groups in total. The van der Waals surface area contributed by atoms with Crippen LogP contribution in [0.2, 0.25) is 0 Å². The minimum atomic E-state index is -3.53. The van der Waals surface area contributed by atoms with Gasteiger partial charge in [0.25, 0.3) is 0 Å². The number of hydrogen-bond acceptors (Lipinski definition) is 2. The Morgan fingerprint density at radius 1 is 1.06 bits per heavy atom. The van der Waals surface area contributed by atoms with Gasteiger partial charge in [0.2, 0.25) is 0 Å². The summed E-state index contributed by atoms with van der Waals surface area (Å²) in [6.07, 6.45) is 2.34. The zero-order valence-corrected chi connectivity index (χ0v) is 11.6. The second kappa shape index (κ2) is 5.00. The van der Waals surface area contributed by atoms with E-state index in [0.717, 1.165) is 6.42 Å². The minimum absolute atomic E-state index is 0.142. The van der Waals surface area contributed by atoms with Crippen LogP contribution >= 0.6 is 0 Å². The lowest BCUT2D eigenvalue weighted by atomic mass is 9.83. The van der Waals surface area contributed by atoms with Crippen molar-refractivity contribution < 1.29 is 12.8 Å². The summed E-state index contributed by atoms with van der Waals surface area (Å²) in [5.41, 5.74) is 0. The number of halogens is 1. The van der Waals surface area contributed by atoms with E-state index in [0.29, 0.717) is 24.7 Å². The van der Waals surface area contributed by atoms with Crippen molar-refractivity contribution in [3.05, 3.63) is 30.1 Å². The van der Waals surface area contributed by atoms with E-state index >= 15 is 0 Å². The molecule has 0 aromatic heterocycles. The molecule has 100 valence electrons. The molecule has 1 aromatic carbocycles. The molecule has 18 heavy (non-hydrogen) atoms. The predicted molar refractivity (Wildman–Crippen MR) is 69.6 cm³/mol. The summed E-state index contributed by atoms with van der Waals surface area (Å²) in [5, 5.41) is -0.437. The summed E-state index contributed by atoms with van der Waals surface area (Å²) in [5.74, 6) is 0.143. The average molecular weight is 270 g/mol. The van der Waals surface area contributed by atoms with Crippen molar-refractivity contribution in [3.8, 4) is 0 Å². The molecule has 2 rings (SSSR count). The third-order valence-corrected chi connectivity index (χ3v) is 5.92. The fourth-order valence-electron chi connectivity index (χ4n) is 2.98. The van der Waals surface area contributed by atoms with Gasteiger partial charge in [-0.2, -0.15) is 0 Å². The van der Waals surface area contributed by atoms with Gasteiger partial charge in [-0.05, 0) is 43.2 Å². The van der Waals surface area contributed by atoms with E-state index in [4.69, 9.17) is 0 Å². The van der Waals surface area contributed by atoms with Crippen LogP contribution in [0.4, 0.5) is 4.39 Å². The molecule has 0 amide bonds. The van der Waals surface area contributed by atoms with Crippen LogP contribution in [0.5, 0.6) is 0 Å². The molecule has 0 aliphatic heterocycles. The molecule has 1 fully saturated rings. The van der Waals surface area contributed by atoms with Crippen molar-refractivity contribution in [2.24, 2.45) is 11.8 Å². The maximum atomic E-state index is 13.7. The molecule has 1 saturated carbocycles. The van der Waals surface area contributed by atoms with E-state index in [1.807, 2.05) is 0 Å². The van der Waals surface area contributed by atoms with Gasteiger partial charge in [-0.15, -0.1) is 0 Å². The third-order valence-electron chi connectivity index (χ3n) is 3.72. The molecule has 4 heteroatoms. The first-order chi connectivity index (χ1) is 8.41. The standard InChI is InChI=1S/C14H19FO2S/c1-10-7-11(2)9-12(8-10)18(16,17)14-6-4-3-5-13(14)15/h3-6,10-12H,7-9H2,1-2H3. The lowest BCUT2D eigenvalue weighted by Gasteiger charge is -2.31. The highest BCUT2D eigenvalue weighted by molar-refractivity contribution is 7.92. The molecule has 1 aliphatic carbocycles. The van der Waals surface area contributed by atoms with Crippen LogP contribution < -0.4 is 0 Å². The number of benzene rings is 1. The Bertz CT molecular complexity index is 514. The summed E-state index contributed by atoms with van der Waals surface area (Å²) in [7, 11) is -3.53. The van der Waals surface area contributed by atoms with Gasteiger partial charge in [0.15, 0.2) is 9.84 Å². The van der Waals surface area contributed by atoms with Gasteiger partial charge >= 0.3 is 0 Å². The van der Waals surface area contributed by atoms with Crippen molar-refractivity contribution in [1.29, 1.82) is 0 Å². The van der Waals surface area contributed by atoms with Crippen molar-refractivity contribution in [2.75, 3.05) is 0 Å². The molecular weight excluding hydrogens is 251 g/mol. The first-order valence-electron chi connectivity index (χ1n) is 6.39. The molecule has 1 aliphatic rings. The second-order valence-electron chi connectivity index (χ2n) is 5.51. The molecule has 0 radical (unpaired) electrons. The molecular formula is C14H19FO2S. The van der Waals surface area contributed by atoms with Gasteiger partial charge in [-0.25, -0.2) is 12.8 Å². The van der Waals surface area contributed by atoms with Crippen LogP contribution in [0, 0.1) is 17.7 Å². The van der Waals surface area contributed by atoms with E-state index in [9.17, 15) is 12.8 Å². The highest BCUT2D eigenvalue weighted by Crippen LogP contribution is 2.35. The van der Waals surface area contributed by atoms with Gasteiger partial charge in [0, 0.05) is 0 Å². The molecule has 0 saturated heterocycles. The van der Waals surface area contributed by atoms with Crippen LogP contribution in [-0.4, -0.2) is 13.7 Å². The highest BCUT2D eigenvalue weighted by Gasteiger charge is 2.35. The normalized spacial score (nSPS) is 29.2. The first-order valence-corrected chi connectivity index (χ1v) is 7.94. The molecule has 0 bridgehead atoms. The lowest BCUT2D eigenvalue weighted by molar-refractivity contribution is 0.301. The van der Waals surface area contributed by atoms with Crippen molar-refractivity contribution in [1.82, 2.24) is 0 Å². The van der Waals surface area contributed by atoms with Gasteiger partial charge < -0.3 is 0 Å². The lowest BCUT2D eigenvalue weighted by Crippen LogP contribution is -2.31. The molecule has 1 aromatic rings. The van der Waals surface area contributed by atoms with Crippen molar-refractivity contribution >= 4 is 9.84 Å². The number of sulfone groups is 1. The van der Waals surface area contributed by atoms with Crippen LogP contribution in [0.25, 0.3) is 0 Å². The van der Waals surface area contributed by atoms with Crippen LogP contribution in [0.3, 0.4) is 0 Å². The van der Waals surface area contributed by atoms with Gasteiger partial charge in [-0.3, -0.25) is 0 Å². The largest absolute Gasteiger partial charge is 0.223 e. The summed E-state index contributed by atoms with van der Waals surface area (Å²) in [6, 6.07) is 5.67.